The zero-order valence-electron chi connectivity index (χ0n) is 10.6. The number of carboxylic acids is 1. The molecule has 0 saturated carbocycles. The van der Waals surface area contributed by atoms with Gasteiger partial charge in [-0.1, -0.05) is 18.2 Å². The first-order chi connectivity index (χ1) is 9.47. The van der Waals surface area contributed by atoms with E-state index in [9.17, 15) is 18.3 Å². The molecule has 1 heterocycles. The fourth-order valence-electron chi connectivity index (χ4n) is 1.78. The standard InChI is InChI=1S/C12H13NO4S3/c1-18-7-6-13-20(16,17)11-8-4-2-3-5-9(8)19-10(11)12(14)15/h2-5,13H,6-7H2,1H3,(H,14,15). The first-order valence-corrected chi connectivity index (χ1v) is 9.40. The Morgan fingerprint density at radius 3 is 2.75 bits per heavy atom. The van der Waals surface area contributed by atoms with Crippen LogP contribution in [0, 0.1) is 0 Å². The number of carboxylic acid groups (broad SMARTS) is 1. The summed E-state index contributed by atoms with van der Waals surface area (Å²) in [5.74, 6) is -0.597. The third kappa shape index (κ3) is 2.98. The highest BCUT2D eigenvalue weighted by Crippen LogP contribution is 2.34. The van der Waals surface area contributed by atoms with Crippen LogP contribution in [0.15, 0.2) is 29.2 Å². The topological polar surface area (TPSA) is 83.5 Å². The quantitative estimate of drug-likeness (QED) is 0.793. The number of thioether (sulfide) groups is 1. The molecule has 0 radical (unpaired) electrons. The first-order valence-electron chi connectivity index (χ1n) is 5.71. The Labute approximate surface area is 125 Å². The maximum atomic E-state index is 12.3. The summed E-state index contributed by atoms with van der Waals surface area (Å²) in [6.45, 7) is 0.271. The van der Waals surface area contributed by atoms with Gasteiger partial charge < -0.3 is 5.11 Å². The molecule has 1 aromatic carbocycles. The number of nitrogens with one attached hydrogen (secondary N) is 1. The van der Waals surface area contributed by atoms with E-state index in [0.717, 1.165) is 11.3 Å². The summed E-state index contributed by atoms with van der Waals surface area (Å²) in [5.41, 5.74) is 0. The zero-order valence-corrected chi connectivity index (χ0v) is 13.1. The van der Waals surface area contributed by atoms with Crippen LogP contribution in [0.3, 0.4) is 0 Å². The molecule has 0 aliphatic heterocycles. The number of hydrogen-bond donors (Lipinski definition) is 2. The van der Waals surface area contributed by atoms with Crippen LogP contribution in [0.5, 0.6) is 0 Å². The Morgan fingerprint density at radius 1 is 1.40 bits per heavy atom. The van der Waals surface area contributed by atoms with E-state index < -0.39 is 16.0 Å². The minimum Gasteiger partial charge on any atom is -0.477 e. The number of fused-ring (bicyclic) bond motifs is 1. The summed E-state index contributed by atoms with van der Waals surface area (Å²) in [6, 6.07) is 6.79. The van der Waals surface area contributed by atoms with Crippen LogP contribution < -0.4 is 4.72 Å². The van der Waals surface area contributed by atoms with Crippen LogP contribution in [0.1, 0.15) is 9.67 Å². The van der Waals surface area contributed by atoms with E-state index in [4.69, 9.17) is 0 Å². The summed E-state index contributed by atoms with van der Waals surface area (Å²) in [7, 11) is -3.83. The summed E-state index contributed by atoms with van der Waals surface area (Å²) < 4.78 is 27.8. The molecule has 0 aliphatic carbocycles. The van der Waals surface area contributed by atoms with Gasteiger partial charge in [-0.25, -0.2) is 17.9 Å². The minimum atomic E-state index is -3.83. The van der Waals surface area contributed by atoms with Crippen molar-refractivity contribution in [3.05, 3.63) is 29.1 Å². The molecule has 0 unspecified atom stereocenters. The average molecular weight is 331 g/mol. The Morgan fingerprint density at radius 2 is 2.10 bits per heavy atom. The molecule has 8 heteroatoms. The molecule has 2 aromatic rings. The van der Waals surface area contributed by atoms with E-state index in [-0.39, 0.29) is 16.3 Å². The highest BCUT2D eigenvalue weighted by atomic mass is 32.2. The number of thiophene rings is 1. The van der Waals surface area contributed by atoms with Crippen molar-refractivity contribution in [3.8, 4) is 0 Å². The van der Waals surface area contributed by atoms with E-state index in [1.807, 2.05) is 6.26 Å². The predicted octanol–water partition coefficient (Wildman–Crippen LogP) is 2.24. The Hall–Kier alpha value is -1.09. The van der Waals surface area contributed by atoms with Crippen molar-refractivity contribution in [2.45, 2.75) is 4.90 Å². The zero-order chi connectivity index (χ0) is 14.8. The Balaban J connectivity index is 2.56. The Bertz CT molecular complexity index is 736. The van der Waals surface area contributed by atoms with Crippen LogP contribution >= 0.6 is 23.1 Å². The van der Waals surface area contributed by atoms with E-state index in [2.05, 4.69) is 4.72 Å². The van der Waals surface area contributed by atoms with Crippen molar-refractivity contribution in [1.82, 2.24) is 4.72 Å². The van der Waals surface area contributed by atoms with Gasteiger partial charge in [0.05, 0.1) is 0 Å². The van der Waals surface area contributed by atoms with Crippen molar-refractivity contribution in [3.63, 3.8) is 0 Å². The van der Waals surface area contributed by atoms with Gasteiger partial charge in [0.15, 0.2) is 0 Å². The molecule has 0 fully saturated rings. The van der Waals surface area contributed by atoms with Gasteiger partial charge >= 0.3 is 5.97 Å². The van der Waals surface area contributed by atoms with Gasteiger partial charge in [0.2, 0.25) is 10.0 Å². The van der Waals surface area contributed by atoms with Crippen molar-refractivity contribution < 1.29 is 18.3 Å². The molecule has 0 atom stereocenters. The third-order valence-corrected chi connectivity index (χ3v) is 6.06. The number of carbonyl (C=O) groups is 1. The number of rotatable bonds is 6. The molecule has 0 spiro atoms. The van der Waals surface area contributed by atoms with Crippen molar-refractivity contribution in [2.75, 3.05) is 18.6 Å². The lowest BCUT2D eigenvalue weighted by Crippen LogP contribution is -2.27. The Kier molecular flexibility index (Phi) is 4.69. The van der Waals surface area contributed by atoms with Crippen LogP contribution in [-0.4, -0.2) is 38.0 Å². The third-order valence-electron chi connectivity index (χ3n) is 2.61. The number of benzene rings is 1. The fraction of sp³-hybridized carbons (Fsp3) is 0.250. The summed E-state index contributed by atoms with van der Waals surface area (Å²) in [5, 5.41) is 9.67. The van der Waals surface area contributed by atoms with E-state index in [1.165, 1.54) is 11.8 Å². The van der Waals surface area contributed by atoms with Crippen LogP contribution in [0.4, 0.5) is 0 Å². The maximum Gasteiger partial charge on any atom is 0.347 e. The van der Waals surface area contributed by atoms with Crippen LogP contribution in [-0.2, 0) is 10.0 Å². The highest BCUT2D eigenvalue weighted by Gasteiger charge is 2.27. The molecule has 0 bridgehead atoms. The fourth-order valence-corrected chi connectivity index (χ4v) is 4.98. The lowest BCUT2D eigenvalue weighted by molar-refractivity contribution is 0.0698. The molecule has 2 N–H and O–H groups in total. The van der Waals surface area contributed by atoms with Gasteiger partial charge in [-0.3, -0.25) is 0 Å². The minimum absolute atomic E-state index is 0.133. The molecule has 2 rings (SSSR count). The summed E-state index contributed by atoms with van der Waals surface area (Å²) >= 11 is 2.49. The average Bonchev–Trinajstić information content (AvgIpc) is 2.79. The first kappa shape index (κ1) is 15.3. The SMILES string of the molecule is CSCCNS(=O)(=O)c1c(C(=O)O)sc2ccccc12. The molecule has 108 valence electrons. The monoisotopic (exact) mass is 331 g/mol. The molecule has 0 amide bonds. The molecule has 1 aromatic heterocycles. The van der Waals surface area contributed by atoms with E-state index >= 15 is 0 Å². The van der Waals surface area contributed by atoms with E-state index in [1.54, 1.807) is 24.3 Å². The lowest BCUT2D eigenvalue weighted by atomic mass is 10.2. The maximum absolute atomic E-state index is 12.3. The van der Waals surface area contributed by atoms with E-state index in [0.29, 0.717) is 15.8 Å². The normalized spacial score (nSPS) is 11.8. The molecule has 0 aliphatic rings. The lowest BCUT2D eigenvalue weighted by Gasteiger charge is -2.06. The molecule has 0 saturated heterocycles. The van der Waals surface area contributed by atoms with Crippen molar-refractivity contribution in [1.29, 1.82) is 0 Å². The highest BCUT2D eigenvalue weighted by molar-refractivity contribution is 7.98. The van der Waals surface area contributed by atoms with Gasteiger partial charge in [-0.15, -0.1) is 11.3 Å². The number of sulfonamides is 1. The second-order valence-corrected chi connectivity index (χ2v) is 7.69. The second-order valence-electron chi connectivity index (χ2n) is 3.95. The van der Waals surface area contributed by atoms with Crippen molar-refractivity contribution >= 4 is 49.2 Å². The van der Waals surface area contributed by atoms with Gasteiger partial charge in [-0.2, -0.15) is 11.8 Å². The predicted molar refractivity (Wildman–Crippen MR) is 82.4 cm³/mol. The second kappa shape index (κ2) is 6.13. The number of hydrogen-bond acceptors (Lipinski definition) is 5. The summed E-state index contributed by atoms with van der Waals surface area (Å²) in [4.78, 5) is 11.0. The van der Waals surface area contributed by atoms with Crippen LogP contribution in [0.2, 0.25) is 0 Å². The van der Waals surface area contributed by atoms with Crippen molar-refractivity contribution in [2.24, 2.45) is 0 Å². The molecular formula is C12H13NO4S3. The molecule has 5 nitrogen and oxygen atoms in total. The molecular weight excluding hydrogens is 318 g/mol. The summed E-state index contributed by atoms with van der Waals surface area (Å²) in [6.07, 6.45) is 1.87. The van der Waals surface area contributed by atoms with Crippen LogP contribution in [0.25, 0.3) is 10.1 Å². The smallest absolute Gasteiger partial charge is 0.347 e. The van der Waals surface area contributed by atoms with Gasteiger partial charge in [0, 0.05) is 22.4 Å². The largest absolute Gasteiger partial charge is 0.477 e. The van der Waals surface area contributed by atoms with Gasteiger partial charge in [0.25, 0.3) is 0 Å². The number of aromatic carboxylic acids is 1. The molecule has 20 heavy (non-hydrogen) atoms. The van der Waals surface area contributed by atoms with Gasteiger partial charge in [-0.05, 0) is 12.3 Å². The van der Waals surface area contributed by atoms with Gasteiger partial charge in [0.1, 0.15) is 9.77 Å².